The van der Waals surface area contributed by atoms with E-state index < -0.39 is 28.9 Å². The number of Topliss-reactive ketones (excluding diaryl/α,β-unsaturated/α-hetero) is 1. The lowest BCUT2D eigenvalue weighted by atomic mass is 9.81. The number of furan rings is 1. The van der Waals surface area contributed by atoms with E-state index in [1.165, 1.54) is 4.90 Å². The summed E-state index contributed by atoms with van der Waals surface area (Å²) in [5, 5.41) is 11.8. The van der Waals surface area contributed by atoms with Crippen LogP contribution >= 0.6 is 0 Å². The molecule has 8 heteroatoms. The number of likely N-dealkylation sites (N-methyl/N-ethyl adjacent to an activating group) is 1. The maximum Gasteiger partial charge on any atom is 0.290 e. The molecule has 1 aromatic heterocycles. The molecule has 8 nitrogen and oxygen atoms in total. The molecule has 0 saturated carbocycles. The summed E-state index contributed by atoms with van der Waals surface area (Å²) < 4.78 is 5.80. The van der Waals surface area contributed by atoms with E-state index in [1.807, 2.05) is 50.2 Å². The van der Waals surface area contributed by atoms with Crippen molar-refractivity contribution in [3.8, 4) is 0 Å². The number of ketones is 1. The second-order valence-electron chi connectivity index (χ2n) is 9.15. The minimum absolute atomic E-state index is 0.0337. The van der Waals surface area contributed by atoms with Gasteiger partial charge in [-0.3, -0.25) is 14.4 Å². The number of aliphatic hydroxyl groups is 1. The zero-order chi connectivity index (χ0) is 24.9. The first-order chi connectivity index (χ1) is 16.8. The summed E-state index contributed by atoms with van der Waals surface area (Å²) in [7, 11) is 3.71. The first-order valence-corrected chi connectivity index (χ1v) is 11.7. The summed E-state index contributed by atoms with van der Waals surface area (Å²) >= 11 is 0. The number of carbonyl (C=O) groups is 3. The van der Waals surface area contributed by atoms with Crippen molar-refractivity contribution in [2.24, 2.45) is 0 Å². The van der Waals surface area contributed by atoms with E-state index >= 15 is 0 Å². The number of para-hydroxylation sites is 2. The van der Waals surface area contributed by atoms with Crippen LogP contribution < -0.4 is 4.90 Å². The maximum absolute atomic E-state index is 14.2. The highest BCUT2D eigenvalue weighted by Gasteiger charge is 2.65. The molecular formula is C27H27N3O5. The Morgan fingerprint density at radius 3 is 2.49 bits per heavy atom. The van der Waals surface area contributed by atoms with E-state index in [4.69, 9.17) is 4.42 Å². The fourth-order valence-corrected chi connectivity index (χ4v) is 5.13. The number of amides is 2. The Hall–Kier alpha value is -3.91. The van der Waals surface area contributed by atoms with Crippen molar-refractivity contribution in [2.45, 2.75) is 18.9 Å². The van der Waals surface area contributed by atoms with Crippen molar-refractivity contribution in [1.29, 1.82) is 0 Å². The quantitative estimate of drug-likeness (QED) is 0.528. The van der Waals surface area contributed by atoms with Gasteiger partial charge in [0.05, 0.1) is 11.3 Å². The number of anilines is 1. The highest BCUT2D eigenvalue weighted by atomic mass is 16.3. The van der Waals surface area contributed by atoms with Crippen molar-refractivity contribution in [3.05, 3.63) is 77.3 Å². The fraction of sp³-hybridized carbons (Fsp3) is 0.296. The van der Waals surface area contributed by atoms with Gasteiger partial charge in [-0.2, -0.15) is 0 Å². The number of nitrogens with zero attached hydrogens (tertiary/aromatic N) is 3. The van der Waals surface area contributed by atoms with E-state index in [9.17, 15) is 19.5 Å². The first kappa shape index (κ1) is 22.9. The Bertz CT molecular complexity index is 1360. The summed E-state index contributed by atoms with van der Waals surface area (Å²) in [6.45, 7) is 2.96. The third-order valence-electron chi connectivity index (χ3n) is 6.68. The van der Waals surface area contributed by atoms with E-state index in [0.29, 0.717) is 41.7 Å². The largest absolute Gasteiger partial charge is 0.503 e. The van der Waals surface area contributed by atoms with Crippen LogP contribution in [0.4, 0.5) is 5.69 Å². The molecule has 5 rings (SSSR count). The highest BCUT2D eigenvalue weighted by Crippen LogP contribution is 2.53. The molecule has 2 aliphatic heterocycles. The fourth-order valence-electron chi connectivity index (χ4n) is 5.13. The molecule has 3 aromatic rings. The Labute approximate surface area is 203 Å². The van der Waals surface area contributed by atoms with E-state index in [1.54, 1.807) is 35.2 Å². The smallest absolute Gasteiger partial charge is 0.290 e. The molecule has 0 radical (unpaired) electrons. The van der Waals surface area contributed by atoms with Crippen LogP contribution in [0.3, 0.4) is 0 Å². The van der Waals surface area contributed by atoms with Gasteiger partial charge in [-0.05, 0) is 38.7 Å². The van der Waals surface area contributed by atoms with Crippen molar-refractivity contribution < 1.29 is 23.9 Å². The van der Waals surface area contributed by atoms with Gasteiger partial charge < -0.3 is 24.2 Å². The minimum atomic E-state index is -1.76. The lowest BCUT2D eigenvalue weighted by Gasteiger charge is -2.36. The van der Waals surface area contributed by atoms with Gasteiger partial charge in [-0.15, -0.1) is 0 Å². The van der Waals surface area contributed by atoms with Crippen LogP contribution in [0.5, 0.6) is 0 Å². The number of hydrogen-bond donors (Lipinski definition) is 1. The average molecular weight is 474 g/mol. The molecular weight excluding hydrogens is 446 g/mol. The topological polar surface area (TPSA) is 94.3 Å². The zero-order valence-corrected chi connectivity index (χ0v) is 19.9. The molecule has 0 fully saturated rings. The molecule has 0 unspecified atom stereocenters. The van der Waals surface area contributed by atoms with Gasteiger partial charge in [-0.1, -0.05) is 43.3 Å². The van der Waals surface area contributed by atoms with Crippen LogP contribution in [0.25, 0.3) is 11.0 Å². The molecule has 3 heterocycles. The number of rotatable bonds is 7. The molecule has 0 aliphatic carbocycles. The van der Waals surface area contributed by atoms with Gasteiger partial charge in [-0.25, -0.2) is 0 Å². The number of carbonyl (C=O) groups excluding carboxylic acids is 3. The van der Waals surface area contributed by atoms with Gasteiger partial charge in [0.15, 0.2) is 17.1 Å². The second kappa shape index (κ2) is 8.39. The summed E-state index contributed by atoms with van der Waals surface area (Å²) in [6.07, 6.45) is 0.685. The van der Waals surface area contributed by atoms with Crippen molar-refractivity contribution in [3.63, 3.8) is 0 Å². The van der Waals surface area contributed by atoms with Gasteiger partial charge in [0.2, 0.25) is 5.78 Å². The lowest BCUT2D eigenvalue weighted by Crippen LogP contribution is -2.55. The summed E-state index contributed by atoms with van der Waals surface area (Å²) in [6, 6.07) is 15.9. The van der Waals surface area contributed by atoms with Crippen LogP contribution in [-0.4, -0.2) is 66.2 Å². The Kier molecular flexibility index (Phi) is 5.48. The number of benzene rings is 2. The van der Waals surface area contributed by atoms with Crippen LogP contribution in [0.1, 0.15) is 29.5 Å². The van der Waals surface area contributed by atoms with E-state index in [-0.39, 0.29) is 17.9 Å². The highest BCUT2D eigenvalue weighted by molar-refractivity contribution is 6.26. The van der Waals surface area contributed by atoms with Gasteiger partial charge in [0.1, 0.15) is 5.58 Å². The molecule has 2 aliphatic rings. The third-order valence-corrected chi connectivity index (χ3v) is 6.68. The predicted molar refractivity (Wildman–Crippen MR) is 131 cm³/mol. The van der Waals surface area contributed by atoms with Gasteiger partial charge in [0, 0.05) is 30.6 Å². The summed E-state index contributed by atoms with van der Waals surface area (Å²) in [4.78, 5) is 46.5. The normalized spacial score (nSPS) is 19.7. The van der Waals surface area contributed by atoms with Crippen LogP contribution in [0, 0.1) is 0 Å². The third kappa shape index (κ3) is 3.20. The maximum atomic E-state index is 14.2. The van der Waals surface area contributed by atoms with Crippen LogP contribution in [-0.2, 0) is 15.1 Å². The van der Waals surface area contributed by atoms with Crippen molar-refractivity contribution in [1.82, 2.24) is 9.80 Å². The number of hydrogen-bond acceptors (Lipinski definition) is 6. The molecule has 1 N–H and O–H groups in total. The molecule has 2 aromatic carbocycles. The summed E-state index contributed by atoms with van der Waals surface area (Å²) in [5.41, 5.74) is -0.375. The van der Waals surface area contributed by atoms with Crippen LogP contribution in [0.2, 0.25) is 0 Å². The first-order valence-electron chi connectivity index (χ1n) is 11.7. The Balaban J connectivity index is 1.74. The molecule has 1 atom stereocenters. The summed E-state index contributed by atoms with van der Waals surface area (Å²) in [5.74, 6) is -2.59. The predicted octanol–water partition coefficient (Wildman–Crippen LogP) is 3.48. The standard InChI is InChI=1S/C27H27N3O5/c1-4-13-29-19-11-7-6-10-18(19)27(26(29)34)22(24(32)25(33)30(27)15-14-28(2)3)23(31)21-16-17-9-5-8-12-20(17)35-21/h5-12,16,32H,4,13-15H2,1-3H3/t27-/m1/s1. The van der Waals surface area contributed by atoms with Crippen molar-refractivity contribution >= 4 is 34.3 Å². The average Bonchev–Trinajstić information content (AvgIpc) is 3.45. The number of aliphatic hydroxyl groups excluding tert-OH is 1. The minimum Gasteiger partial charge on any atom is -0.503 e. The monoisotopic (exact) mass is 473 g/mol. The molecule has 180 valence electrons. The Morgan fingerprint density at radius 2 is 1.77 bits per heavy atom. The molecule has 0 saturated heterocycles. The van der Waals surface area contributed by atoms with Gasteiger partial charge in [0.25, 0.3) is 11.8 Å². The zero-order valence-electron chi connectivity index (χ0n) is 19.9. The van der Waals surface area contributed by atoms with E-state index in [2.05, 4.69) is 0 Å². The molecule has 2 amide bonds. The molecule has 1 spiro atoms. The SMILES string of the molecule is CCCN1C(=O)[C@]2(C(C(=O)c3cc4ccccc4o3)=C(O)C(=O)N2CCN(C)C)c2ccccc21. The molecule has 35 heavy (non-hydrogen) atoms. The van der Waals surface area contributed by atoms with Gasteiger partial charge >= 0.3 is 0 Å². The Morgan fingerprint density at radius 1 is 1.06 bits per heavy atom. The number of fused-ring (bicyclic) bond motifs is 3. The molecule has 0 bridgehead atoms. The van der Waals surface area contributed by atoms with Crippen molar-refractivity contribution in [2.75, 3.05) is 38.6 Å². The van der Waals surface area contributed by atoms with E-state index in [0.717, 1.165) is 0 Å². The lowest BCUT2D eigenvalue weighted by molar-refractivity contribution is -0.140. The van der Waals surface area contributed by atoms with Crippen LogP contribution in [0.15, 0.2) is 70.3 Å². The second-order valence-corrected chi connectivity index (χ2v) is 9.15.